The van der Waals surface area contributed by atoms with Gasteiger partial charge in [0, 0.05) is 0 Å². The Bertz CT molecular complexity index is 303. The highest BCUT2D eigenvalue weighted by atomic mass is 16.5. The zero-order valence-electron chi connectivity index (χ0n) is 10.3. The van der Waals surface area contributed by atoms with E-state index in [2.05, 4.69) is 15.4 Å². The van der Waals surface area contributed by atoms with Crippen LogP contribution in [0.1, 0.15) is 20.8 Å². The quantitative estimate of drug-likeness (QED) is 0.590. The van der Waals surface area contributed by atoms with E-state index < -0.39 is 30.1 Å². The third-order valence-corrected chi connectivity index (χ3v) is 2.13. The molecule has 2 atom stereocenters. The summed E-state index contributed by atoms with van der Waals surface area (Å²) in [6, 6.07) is -2.55. The lowest BCUT2D eigenvalue weighted by molar-refractivity contribution is -0.144. The molecule has 0 saturated heterocycles. The lowest BCUT2D eigenvalue weighted by Gasteiger charge is -2.20. The van der Waals surface area contributed by atoms with Crippen LogP contribution in [0.25, 0.3) is 0 Å². The van der Waals surface area contributed by atoms with Crippen molar-refractivity contribution in [3.63, 3.8) is 0 Å². The molecule has 0 spiro atoms. The van der Waals surface area contributed by atoms with Crippen molar-refractivity contribution in [2.45, 2.75) is 32.9 Å². The van der Waals surface area contributed by atoms with Crippen LogP contribution in [0.3, 0.4) is 0 Å². The van der Waals surface area contributed by atoms with E-state index in [1.165, 1.54) is 14.0 Å². The SMILES string of the molecule is COC(=O)C(NC(=O)N[C@H](C)C(=O)O)C(C)C. The molecule has 0 aliphatic carbocycles. The third kappa shape index (κ3) is 5.19. The van der Waals surface area contributed by atoms with Crippen LogP contribution in [-0.4, -0.2) is 42.3 Å². The number of hydrogen-bond acceptors (Lipinski definition) is 4. The molecule has 0 fully saturated rings. The molecule has 0 aliphatic rings. The van der Waals surface area contributed by atoms with Gasteiger partial charge >= 0.3 is 18.0 Å². The summed E-state index contributed by atoms with van der Waals surface area (Å²) in [7, 11) is 1.22. The largest absolute Gasteiger partial charge is 0.480 e. The summed E-state index contributed by atoms with van der Waals surface area (Å²) in [5.41, 5.74) is 0. The van der Waals surface area contributed by atoms with E-state index in [4.69, 9.17) is 5.11 Å². The fraction of sp³-hybridized carbons (Fsp3) is 0.700. The Hall–Kier alpha value is -1.79. The molecule has 0 aromatic carbocycles. The van der Waals surface area contributed by atoms with E-state index in [1.807, 2.05) is 0 Å². The minimum absolute atomic E-state index is 0.159. The van der Waals surface area contributed by atoms with Gasteiger partial charge in [-0.3, -0.25) is 4.79 Å². The molecule has 0 bridgehead atoms. The summed E-state index contributed by atoms with van der Waals surface area (Å²) < 4.78 is 4.53. The standard InChI is InChI=1S/C10H18N2O5/c1-5(2)7(9(15)17-4)12-10(16)11-6(3)8(13)14/h5-7H,1-4H3,(H,13,14)(H2,11,12,16)/t6-,7?/m1/s1. The second kappa shape index (κ2) is 6.72. The molecule has 3 N–H and O–H groups in total. The van der Waals surface area contributed by atoms with Crippen LogP contribution < -0.4 is 10.6 Å². The lowest BCUT2D eigenvalue weighted by Crippen LogP contribution is -2.52. The maximum Gasteiger partial charge on any atom is 0.328 e. The highest BCUT2D eigenvalue weighted by Gasteiger charge is 2.25. The predicted octanol–water partition coefficient (Wildman–Crippen LogP) is -0.0437. The molecule has 0 aromatic rings. The van der Waals surface area contributed by atoms with Crippen LogP contribution in [-0.2, 0) is 14.3 Å². The van der Waals surface area contributed by atoms with Gasteiger partial charge in [-0.25, -0.2) is 9.59 Å². The summed E-state index contributed by atoms with van der Waals surface area (Å²) in [5.74, 6) is -1.88. The first-order valence-electron chi connectivity index (χ1n) is 5.17. The Morgan fingerprint density at radius 2 is 1.65 bits per heavy atom. The average Bonchev–Trinajstić information content (AvgIpc) is 2.24. The smallest absolute Gasteiger partial charge is 0.328 e. The van der Waals surface area contributed by atoms with Crippen molar-refractivity contribution in [2.75, 3.05) is 7.11 Å². The topological polar surface area (TPSA) is 105 Å². The van der Waals surface area contributed by atoms with E-state index in [-0.39, 0.29) is 5.92 Å². The number of nitrogens with one attached hydrogen (secondary N) is 2. The molecule has 2 amide bonds. The highest BCUT2D eigenvalue weighted by molar-refractivity contribution is 5.86. The highest BCUT2D eigenvalue weighted by Crippen LogP contribution is 2.03. The van der Waals surface area contributed by atoms with Crippen LogP contribution in [0.5, 0.6) is 0 Å². The van der Waals surface area contributed by atoms with Gasteiger partial charge in [-0.15, -0.1) is 0 Å². The average molecular weight is 246 g/mol. The number of urea groups is 1. The molecule has 0 aromatic heterocycles. The van der Waals surface area contributed by atoms with Crippen LogP contribution in [0.15, 0.2) is 0 Å². The molecule has 17 heavy (non-hydrogen) atoms. The number of hydrogen-bond donors (Lipinski definition) is 3. The van der Waals surface area contributed by atoms with Gasteiger partial charge < -0.3 is 20.5 Å². The summed E-state index contributed by atoms with van der Waals surface area (Å²) in [4.78, 5) is 33.2. The zero-order valence-corrected chi connectivity index (χ0v) is 10.3. The molecule has 98 valence electrons. The normalized spacial score (nSPS) is 13.7. The molecular formula is C10H18N2O5. The van der Waals surface area contributed by atoms with Gasteiger partial charge in [0.2, 0.25) is 0 Å². The number of amides is 2. The predicted molar refractivity (Wildman–Crippen MR) is 59.4 cm³/mol. The van der Waals surface area contributed by atoms with Crippen LogP contribution in [0.2, 0.25) is 0 Å². The van der Waals surface area contributed by atoms with E-state index >= 15 is 0 Å². The fourth-order valence-electron chi connectivity index (χ4n) is 1.07. The monoisotopic (exact) mass is 246 g/mol. The number of methoxy groups -OCH3 is 1. The molecule has 0 rings (SSSR count). The number of carbonyl (C=O) groups is 3. The van der Waals surface area contributed by atoms with E-state index in [9.17, 15) is 14.4 Å². The molecule has 0 aliphatic heterocycles. The molecule has 7 nitrogen and oxygen atoms in total. The molecule has 0 saturated carbocycles. The number of carboxylic acids is 1. The van der Waals surface area contributed by atoms with Crippen molar-refractivity contribution in [3.05, 3.63) is 0 Å². The summed E-state index contributed by atoms with van der Waals surface area (Å²) >= 11 is 0. The minimum Gasteiger partial charge on any atom is -0.480 e. The first-order valence-corrected chi connectivity index (χ1v) is 5.17. The summed E-state index contributed by atoms with van der Waals surface area (Å²) in [5, 5.41) is 13.1. The molecule has 1 unspecified atom stereocenters. The van der Waals surface area contributed by atoms with Gasteiger partial charge in [-0.1, -0.05) is 13.8 Å². The van der Waals surface area contributed by atoms with Gasteiger partial charge in [0.1, 0.15) is 12.1 Å². The summed E-state index contributed by atoms with van der Waals surface area (Å²) in [6.45, 7) is 4.80. The van der Waals surface area contributed by atoms with Crippen molar-refractivity contribution in [1.29, 1.82) is 0 Å². The third-order valence-electron chi connectivity index (χ3n) is 2.13. The van der Waals surface area contributed by atoms with Gasteiger partial charge in [0.15, 0.2) is 0 Å². The Balaban J connectivity index is 4.42. The van der Waals surface area contributed by atoms with Gasteiger partial charge in [-0.05, 0) is 12.8 Å². The number of esters is 1. The second-order valence-electron chi connectivity index (χ2n) is 3.92. The minimum atomic E-state index is -1.15. The number of ether oxygens (including phenoxy) is 1. The van der Waals surface area contributed by atoms with Crippen LogP contribution in [0, 0.1) is 5.92 Å². The molecular weight excluding hydrogens is 228 g/mol. The van der Waals surface area contributed by atoms with Gasteiger partial charge in [-0.2, -0.15) is 0 Å². The van der Waals surface area contributed by atoms with E-state index in [1.54, 1.807) is 13.8 Å². The van der Waals surface area contributed by atoms with Crippen molar-refractivity contribution in [1.82, 2.24) is 10.6 Å². The Kier molecular flexibility index (Phi) is 6.01. The lowest BCUT2D eigenvalue weighted by atomic mass is 10.1. The first kappa shape index (κ1) is 15.2. The van der Waals surface area contributed by atoms with E-state index in [0.717, 1.165) is 0 Å². The molecule has 7 heteroatoms. The second-order valence-corrected chi connectivity index (χ2v) is 3.92. The maximum absolute atomic E-state index is 11.4. The van der Waals surface area contributed by atoms with Gasteiger partial charge in [0.05, 0.1) is 7.11 Å². The van der Waals surface area contributed by atoms with Crippen molar-refractivity contribution in [2.24, 2.45) is 5.92 Å². The Labute approximate surface area is 99.5 Å². The molecule has 0 heterocycles. The fourth-order valence-corrected chi connectivity index (χ4v) is 1.07. The zero-order chi connectivity index (χ0) is 13.6. The van der Waals surface area contributed by atoms with E-state index in [0.29, 0.717) is 0 Å². The Morgan fingerprint density at radius 1 is 1.12 bits per heavy atom. The van der Waals surface area contributed by atoms with Crippen molar-refractivity contribution in [3.8, 4) is 0 Å². The number of aliphatic carboxylic acids is 1. The van der Waals surface area contributed by atoms with Gasteiger partial charge in [0.25, 0.3) is 0 Å². The van der Waals surface area contributed by atoms with Crippen molar-refractivity contribution >= 4 is 18.0 Å². The number of rotatable bonds is 5. The molecule has 0 radical (unpaired) electrons. The number of carboxylic acid groups (broad SMARTS) is 1. The van der Waals surface area contributed by atoms with Crippen molar-refractivity contribution < 1.29 is 24.2 Å². The first-order chi connectivity index (χ1) is 7.79. The Morgan fingerprint density at radius 3 is 2.00 bits per heavy atom. The van der Waals surface area contributed by atoms with Crippen LogP contribution in [0.4, 0.5) is 4.79 Å². The van der Waals surface area contributed by atoms with Crippen LogP contribution >= 0.6 is 0 Å². The summed E-state index contributed by atoms with van der Waals surface area (Å²) in [6.07, 6.45) is 0. The maximum atomic E-state index is 11.4. The number of carbonyl (C=O) groups excluding carboxylic acids is 2.